The summed E-state index contributed by atoms with van der Waals surface area (Å²) in [5, 5.41) is 9.79. The van der Waals surface area contributed by atoms with Crippen molar-refractivity contribution < 1.29 is 14.6 Å². The molecule has 1 aliphatic heterocycles. The molecule has 0 bridgehead atoms. The van der Waals surface area contributed by atoms with E-state index >= 15 is 0 Å². The molecule has 104 valence electrons. The van der Waals surface area contributed by atoms with Crippen LogP contribution in [0.5, 0.6) is 5.75 Å². The van der Waals surface area contributed by atoms with Crippen LogP contribution in [0.2, 0.25) is 5.02 Å². The van der Waals surface area contributed by atoms with Crippen LogP contribution in [-0.4, -0.2) is 41.7 Å². The van der Waals surface area contributed by atoms with E-state index in [1.54, 1.807) is 17.0 Å². The first-order valence-corrected chi connectivity index (χ1v) is 6.87. The van der Waals surface area contributed by atoms with Crippen molar-refractivity contribution in [2.75, 3.05) is 19.8 Å². The number of carbonyl (C=O) groups excluding carboxylic acids is 1. The van der Waals surface area contributed by atoms with E-state index in [2.05, 4.69) is 0 Å². The Morgan fingerprint density at radius 2 is 2.37 bits per heavy atom. The molecule has 19 heavy (non-hydrogen) atoms. The number of aliphatic hydroxyl groups excluding tert-OH is 1. The summed E-state index contributed by atoms with van der Waals surface area (Å²) in [5.74, 6) is 0.707. The summed E-state index contributed by atoms with van der Waals surface area (Å²) in [7, 11) is 0. The minimum atomic E-state index is -0.0151. The molecule has 1 saturated heterocycles. The second-order valence-electron chi connectivity index (χ2n) is 4.62. The van der Waals surface area contributed by atoms with Crippen molar-refractivity contribution in [3.8, 4) is 5.75 Å². The molecule has 1 aliphatic rings. The average Bonchev–Trinajstić information content (AvgIpc) is 2.87. The molecule has 0 aliphatic carbocycles. The topological polar surface area (TPSA) is 49.8 Å². The van der Waals surface area contributed by atoms with Crippen LogP contribution in [-0.2, 0) is 4.79 Å². The smallest absolute Gasteiger partial charge is 0.226 e. The van der Waals surface area contributed by atoms with Crippen molar-refractivity contribution in [1.29, 1.82) is 0 Å². The minimum Gasteiger partial charge on any atom is -0.493 e. The second-order valence-corrected chi connectivity index (χ2v) is 5.06. The lowest BCUT2D eigenvalue weighted by molar-refractivity contribution is -0.133. The van der Waals surface area contributed by atoms with Gasteiger partial charge in [0.25, 0.3) is 0 Å². The maximum atomic E-state index is 12.0. The van der Waals surface area contributed by atoms with Gasteiger partial charge in [0.1, 0.15) is 5.75 Å². The number of ether oxygens (including phenoxy) is 1. The number of aliphatic hydroxyl groups is 1. The number of rotatable bonds is 5. The van der Waals surface area contributed by atoms with E-state index in [1.807, 2.05) is 12.1 Å². The number of hydrogen-bond acceptors (Lipinski definition) is 3. The first-order chi connectivity index (χ1) is 9.20. The molecule has 0 aromatic heterocycles. The second kappa shape index (κ2) is 6.78. The molecule has 0 unspecified atom stereocenters. The molecule has 1 heterocycles. The molecule has 1 fully saturated rings. The fourth-order valence-electron chi connectivity index (χ4n) is 2.31. The number of halogens is 1. The van der Waals surface area contributed by atoms with Crippen LogP contribution in [0.1, 0.15) is 19.3 Å². The number of hydrogen-bond donors (Lipinski definition) is 1. The first kappa shape index (κ1) is 14.2. The molecule has 0 spiro atoms. The van der Waals surface area contributed by atoms with Gasteiger partial charge in [-0.2, -0.15) is 0 Å². The summed E-state index contributed by atoms with van der Waals surface area (Å²) in [6, 6.07) is 7.09. The molecular formula is C14H18ClNO3. The third-order valence-electron chi connectivity index (χ3n) is 3.29. The monoisotopic (exact) mass is 283 g/mol. The van der Waals surface area contributed by atoms with Crippen LogP contribution >= 0.6 is 11.6 Å². The third kappa shape index (κ3) is 3.85. The first-order valence-electron chi connectivity index (χ1n) is 6.49. The van der Waals surface area contributed by atoms with Gasteiger partial charge < -0.3 is 14.7 Å². The Balaban J connectivity index is 1.78. The lowest BCUT2D eigenvalue weighted by atomic mass is 10.2. The van der Waals surface area contributed by atoms with Crippen LogP contribution in [0.4, 0.5) is 0 Å². The van der Waals surface area contributed by atoms with Crippen molar-refractivity contribution in [2.24, 2.45) is 0 Å². The Hall–Kier alpha value is -1.26. The van der Waals surface area contributed by atoms with Gasteiger partial charge in [0.2, 0.25) is 5.91 Å². The standard InChI is InChI=1S/C14H18ClNO3/c15-11-3-1-5-13(9-11)19-8-6-14(18)16-7-2-4-12(16)10-17/h1,3,5,9,12,17H,2,4,6-8,10H2/t12-/m1/s1. The highest BCUT2D eigenvalue weighted by Crippen LogP contribution is 2.19. The molecule has 2 rings (SSSR count). The Bertz CT molecular complexity index is 438. The SMILES string of the molecule is O=C(CCOc1cccc(Cl)c1)N1CCC[C@@H]1CO. The number of carbonyl (C=O) groups is 1. The zero-order valence-electron chi connectivity index (χ0n) is 10.7. The highest BCUT2D eigenvalue weighted by atomic mass is 35.5. The molecule has 1 amide bonds. The van der Waals surface area contributed by atoms with Crippen molar-refractivity contribution in [1.82, 2.24) is 4.90 Å². The number of nitrogens with zero attached hydrogens (tertiary/aromatic N) is 1. The third-order valence-corrected chi connectivity index (χ3v) is 3.52. The van der Waals surface area contributed by atoms with Crippen LogP contribution in [0, 0.1) is 0 Å². The van der Waals surface area contributed by atoms with Crippen LogP contribution < -0.4 is 4.74 Å². The maximum absolute atomic E-state index is 12.0. The van der Waals surface area contributed by atoms with Gasteiger partial charge in [-0.1, -0.05) is 17.7 Å². The van der Waals surface area contributed by atoms with E-state index in [9.17, 15) is 9.90 Å². The fraction of sp³-hybridized carbons (Fsp3) is 0.500. The lowest BCUT2D eigenvalue weighted by Gasteiger charge is -2.23. The Labute approximate surface area is 117 Å². The Morgan fingerprint density at radius 1 is 1.53 bits per heavy atom. The van der Waals surface area contributed by atoms with Gasteiger partial charge >= 0.3 is 0 Å². The van der Waals surface area contributed by atoms with Crippen molar-refractivity contribution in [3.63, 3.8) is 0 Å². The predicted molar refractivity (Wildman–Crippen MR) is 73.4 cm³/mol. The van der Waals surface area contributed by atoms with Gasteiger partial charge in [-0.15, -0.1) is 0 Å². The van der Waals surface area contributed by atoms with Crippen LogP contribution in [0.25, 0.3) is 0 Å². The summed E-state index contributed by atoms with van der Waals surface area (Å²) >= 11 is 5.84. The summed E-state index contributed by atoms with van der Waals surface area (Å²) in [6.07, 6.45) is 2.17. The molecule has 4 nitrogen and oxygen atoms in total. The molecule has 1 aromatic rings. The largest absolute Gasteiger partial charge is 0.493 e. The van der Waals surface area contributed by atoms with E-state index in [0.717, 1.165) is 19.4 Å². The zero-order valence-corrected chi connectivity index (χ0v) is 11.5. The van der Waals surface area contributed by atoms with E-state index in [0.29, 0.717) is 23.8 Å². The van der Waals surface area contributed by atoms with Gasteiger partial charge in [0, 0.05) is 11.6 Å². The summed E-state index contributed by atoms with van der Waals surface area (Å²) < 4.78 is 5.49. The minimum absolute atomic E-state index is 0.0151. The summed E-state index contributed by atoms with van der Waals surface area (Å²) in [5.41, 5.74) is 0. The Kier molecular flexibility index (Phi) is 5.05. The molecule has 5 heteroatoms. The van der Waals surface area contributed by atoms with E-state index in [1.165, 1.54) is 0 Å². The quantitative estimate of drug-likeness (QED) is 0.900. The van der Waals surface area contributed by atoms with E-state index in [-0.39, 0.29) is 18.6 Å². The molecule has 0 saturated carbocycles. The highest BCUT2D eigenvalue weighted by Gasteiger charge is 2.27. The van der Waals surface area contributed by atoms with Gasteiger partial charge in [-0.3, -0.25) is 4.79 Å². The predicted octanol–water partition coefficient (Wildman–Crippen LogP) is 2.09. The highest BCUT2D eigenvalue weighted by molar-refractivity contribution is 6.30. The van der Waals surface area contributed by atoms with E-state index < -0.39 is 0 Å². The molecular weight excluding hydrogens is 266 g/mol. The van der Waals surface area contributed by atoms with Gasteiger partial charge in [-0.05, 0) is 31.0 Å². The van der Waals surface area contributed by atoms with Crippen molar-refractivity contribution in [2.45, 2.75) is 25.3 Å². The number of likely N-dealkylation sites (tertiary alicyclic amines) is 1. The number of benzene rings is 1. The van der Waals surface area contributed by atoms with Crippen molar-refractivity contribution >= 4 is 17.5 Å². The van der Waals surface area contributed by atoms with Crippen molar-refractivity contribution in [3.05, 3.63) is 29.3 Å². The fourth-order valence-corrected chi connectivity index (χ4v) is 2.49. The Morgan fingerprint density at radius 3 is 3.11 bits per heavy atom. The molecule has 1 N–H and O–H groups in total. The zero-order chi connectivity index (χ0) is 13.7. The lowest BCUT2D eigenvalue weighted by Crippen LogP contribution is -2.38. The number of amides is 1. The van der Waals surface area contributed by atoms with E-state index in [4.69, 9.17) is 16.3 Å². The van der Waals surface area contributed by atoms with Gasteiger partial charge in [0.05, 0.1) is 25.7 Å². The van der Waals surface area contributed by atoms with Crippen LogP contribution in [0.3, 0.4) is 0 Å². The molecule has 1 atom stereocenters. The molecule has 0 radical (unpaired) electrons. The molecule has 1 aromatic carbocycles. The summed E-state index contributed by atoms with van der Waals surface area (Å²) in [4.78, 5) is 13.7. The van der Waals surface area contributed by atoms with Gasteiger partial charge in [0.15, 0.2) is 0 Å². The summed E-state index contributed by atoms with van der Waals surface area (Å²) in [6.45, 7) is 1.11. The van der Waals surface area contributed by atoms with Gasteiger partial charge in [-0.25, -0.2) is 0 Å². The maximum Gasteiger partial charge on any atom is 0.226 e. The average molecular weight is 284 g/mol. The normalized spacial score (nSPS) is 18.6. The van der Waals surface area contributed by atoms with Crippen LogP contribution in [0.15, 0.2) is 24.3 Å².